The predicted molar refractivity (Wildman–Crippen MR) is 94.5 cm³/mol. The normalized spacial score (nSPS) is 13.1. The largest absolute Gasteiger partial charge is 0.445 e. The van der Waals surface area contributed by atoms with E-state index in [1.54, 1.807) is 12.1 Å². The molecule has 1 amide bonds. The van der Waals surface area contributed by atoms with Crippen LogP contribution in [0.1, 0.15) is 39.6 Å². The lowest BCUT2D eigenvalue weighted by atomic mass is 10.1. The van der Waals surface area contributed by atoms with Crippen molar-refractivity contribution in [3.63, 3.8) is 0 Å². The number of ether oxygens (including phenoxy) is 1. The van der Waals surface area contributed by atoms with Gasteiger partial charge in [0.1, 0.15) is 12.7 Å². The predicted octanol–water partition coefficient (Wildman–Crippen LogP) is 2.66. The van der Waals surface area contributed by atoms with Crippen molar-refractivity contribution in [2.75, 3.05) is 6.54 Å². The number of hydrogen-bond acceptors (Lipinski definition) is 6. The number of alkyl carbamates (subject to hydrolysis) is 1. The Morgan fingerprint density at radius 2 is 1.88 bits per heavy atom. The molecule has 25 heavy (non-hydrogen) atoms. The monoisotopic (exact) mass is 363 g/mol. The first-order valence-corrected chi connectivity index (χ1v) is 8.70. The van der Waals surface area contributed by atoms with E-state index in [1.165, 1.54) is 6.92 Å². The lowest BCUT2D eigenvalue weighted by Crippen LogP contribution is -2.29. The molecule has 1 aromatic heterocycles. The van der Waals surface area contributed by atoms with Gasteiger partial charge < -0.3 is 20.3 Å². The van der Waals surface area contributed by atoms with Crippen LogP contribution in [0.5, 0.6) is 0 Å². The van der Waals surface area contributed by atoms with Gasteiger partial charge in [0.15, 0.2) is 5.78 Å². The molecule has 6 nitrogen and oxygen atoms in total. The highest BCUT2D eigenvalue weighted by Gasteiger charge is 2.21. The van der Waals surface area contributed by atoms with Gasteiger partial charge in [-0.05, 0) is 31.0 Å². The second-order valence-corrected chi connectivity index (χ2v) is 6.66. The summed E-state index contributed by atoms with van der Waals surface area (Å²) in [5.74, 6) is -0.0826. The Morgan fingerprint density at radius 3 is 2.52 bits per heavy atom. The maximum atomic E-state index is 11.6. The lowest BCUT2D eigenvalue weighted by molar-refractivity contribution is 0.0157. The van der Waals surface area contributed by atoms with Gasteiger partial charge in [0, 0.05) is 11.4 Å². The molecule has 2 atom stereocenters. The van der Waals surface area contributed by atoms with Gasteiger partial charge in [-0.15, -0.1) is 11.3 Å². The van der Waals surface area contributed by atoms with Crippen LogP contribution in [0.15, 0.2) is 42.5 Å². The quantitative estimate of drug-likeness (QED) is 0.627. The molecule has 0 radical (unpaired) electrons. The van der Waals surface area contributed by atoms with Crippen LogP contribution in [0.25, 0.3) is 0 Å². The first kappa shape index (κ1) is 19.1. The van der Waals surface area contributed by atoms with E-state index in [4.69, 9.17) is 4.74 Å². The number of thiophene rings is 1. The summed E-state index contributed by atoms with van der Waals surface area (Å²) in [5.41, 5.74) is 0.882. The van der Waals surface area contributed by atoms with Crippen molar-refractivity contribution >= 4 is 23.2 Å². The van der Waals surface area contributed by atoms with Crippen molar-refractivity contribution in [1.29, 1.82) is 0 Å². The molecular formula is C18H21NO5S. The Morgan fingerprint density at radius 1 is 1.16 bits per heavy atom. The fourth-order valence-electron chi connectivity index (χ4n) is 2.14. The van der Waals surface area contributed by atoms with Gasteiger partial charge in [-0.1, -0.05) is 30.3 Å². The van der Waals surface area contributed by atoms with Crippen LogP contribution in [0.3, 0.4) is 0 Å². The average molecular weight is 363 g/mol. The Labute approximate surface area is 150 Å². The molecule has 134 valence electrons. The summed E-state index contributed by atoms with van der Waals surface area (Å²) in [6.07, 6.45) is -2.57. The highest BCUT2D eigenvalue weighted by atomic mass is 32.1. The zero-order chi connectivity index (χ0) is 18.2. The number of carbonyl (C=O) groups is 2. The van der Waals surface area contributed by atoms with Crippen molar-refractivity contribution in [3.05, 3.63) is 57.8 Å². The highest BCUT2D eigenvalue weighted by molar-refractivity contribution is 7.14. The zero-order valence-electron chi connectivity index (χ0n) is 13.8. The van der Waals surface area contributed by atoms with Crippen molar-refractivity contribution in [1.82, 2.24) is 5.32 Å². The second-order valence-electron chi connectivity index (χ2n) is 5.55. The number of nitrogens with one attached hydrogen (secondary N) is 1. The molecule has 7 heteroatoms. The third-order valence-corrected chi connectivity index (χ3v) is 4.81. The van der Waals surface area contributed by atoms with E-state index < -0.39 is 18.3 Å². The van der Waals surface area contributed by atoms with E-state index in [-0.39, 0.29) is 25.4 Å². The standard InChI is InChI=1S/C18H21NO5S/c1-12(20)15-7-8-16(25-15)17(22)14(21)9-10-19-18(23)24-11-13-5-3-2-4-6-13/h2-8,14,17,21-22H,9-11H2,1H3,(H,19,23). The summed E-state index contributed by atoms with van der Waals surface area (Å²) < 4.78 is 5.06. The number of carbonyl (C=O) groups excluding carboxylic acids is 2. The van der Waals surface area contributed by atoms with Crippen LogP contribution in [-0.4, -0.2) is 34.7 Å². The van der Waals surface area contributed by atoms with Crippen LogP contribution in [0.2, 0.25) is 0 Å². The summed E-state index contributed by atoms with van der Waals surface area (Å²) in [4.78, 5) is 23.9. The Balaban J connectivity index is 1.70. The number of rotatable bonds is 8. The second kappa shape index (κ2) is 9.31. The van der Waals surface area contributed by atoms with Crippen molar-refractivity contribution in [2.24, 2.45) is 0 Å². The lowest BCUT2D eigenvalue weighted by Gasteiger charge is -2.16. The van der Waals surface area contributed by atoms with Crippen molar-refractivity contribution in [3.8, 4) is 0 Å². The molecule has 3 N–H and O–H groups in total. The van der Waals surface area contributed by atoms with Crippen molar-refractivity contribution in [2.45, 2.75) is 32.2 Å². The van der Waals surface area contributed by atoms with E-state index in [2.05, 4.69) is 5.32 Å². The molecule has 0 aliphatic rings. The smallest absolute Gasteiger partial charge is 0.407 e. The van der Waals surface area contributed by atoms with Crippen LogP contribution >= 0.6 is 11.3 Å². The highest BCUT2D eigenvalue weighted by Crippen LogP contribution is 2.26. The molecule has 0 bridgehead atoms. The molecule has 0 spiro atoms. The molecule has 0 aliphatic heterocycles. The summed E-state index contributed by atoms with van der Waals surface area (Å²) in [7, 11) is 0. The molecule has 2 unspecified atom stereocenters. The fraction of sp³-hybridized carbons (Fsp3) is 0.333. The molecule has 0 aliphatic carbocycles. The summed E-state index contributed by atoms with van der Waals surface area (Å²) in [6.45, 7) is 1.78. The van der Waals surface area contributed by atoms with Gasteiger partial charge in [0.2, 0.25) is 0 Å². The van der Waals surface area contributed by atoms with E-state index >= 15 is 0 Å². The Bertz CT molecular complexity index is 701. The molecule has 1 aromatic carbocycles. The summed E-state index contributed by atoms with van der Waals surface area (Å²) in [6, 6.07) is 12.5. The van der Waals surface area contributed by atoms with Gasteiger partial charge in [-0.25, -0.2) is 4.79 Å². The van der Waals surface area contributed by atoms with Crippen LogP contribution in [0, 0.1) is 0 Å². The Hall–Kier alpha value is -2.22. The molecule has 0 saturated carbocycles. The van der Waals surface area contributed by atoms with Gasteiger partial charge in [0.25, 0.3) is 0 Å². The number of aliphatic hydroxyl groups excluding tert-OH is 2. The van der Waals surface area contributed by atoms with Gasteiger partial charge in [-0.2, -0.15) is 0 Å². The third kappa shape index (κ3) is 5.97. The average Bonchev–Trinajstić information content (AvgIpc) is 3.10. The van der Waals surface area contributed by atoms with Gasteiger partial charge in [-0.3, -0.25) is 4.79 Å². The number of ketones is 1. The molecule has 1 heterocycles. The minimum Gasteiger partial charge on any atom is -0.445 e. The van der Waals surface area contributed by atoms with E-state index in [0.717, 1.165) is 16.9 Å². The van der Waals surface area contributed by atoms with E-state index in [0.29, 0.717) is 9.75 Å². The topological polar surface area (TPSA) is 95.9 Å². The number of hydrogen-bond donors (Lipinski definition) is 3. The van der Waals surface area contributed by atoms with E-state index in [1.807, 2.05) is 30.3 Å². The van der Waals surface area contributed by atoms with Gasteiger partial charge >= 0.3 is 6.09 Å². The maximum Gasteiger partial charge on any atom is 0.407 e. The molecule has 2 aromatic rings. The van der Waals surface area contributed by atoms with E-state index in [9.17, 15) is 19.8 Å². The number of aliphatic hydroxyl groups is 2. The van der Waals surface area contributed by atoms with Crippen molar-refractivity contribution < 1.29 is 24.5 Å². The minimum atomic E-state index is -1.10. The maximum absolute atomic E-state index is 11.6. The number of Topliss-reactive ketones (excluding diaryl/α,β-unsaturated/α-hetero) is 1. The molecular weight excluding hydrogens is 342 g/mol. The van der Waals surface area contributed by atoms with Crippen LogP contribution in [0.4, 0.5) is 4.79 Å². The molecule has 0 fully saturated rings. The van der Waals surface area contributed by atoms with Gasteiger partial charge in [0.05, 0.1) is 11.0 Å². The van der Waals surface area contributed by atoms with Crippen LogP contribution < -0.4 is 5.32 Å². The summed E-state index contributed by atoms with van der Waals surface area (Å²) >= 11 is 1.15. The SMILES string of the molecule is CC(=O)c1ccc(C(O)C(O)CCNC(=O)OCc2ccccc2)s1. The number of amides is 1. The summed E-state index contributed by atoms with van der Waals surface area (Å²) in [5, 5.41) is 22.7. The van der Waals surface area contributed by atoms with Crippen LogP contribution in [-0.2, 0) is 11.3 Å². The molecule has 2 rings (SSSR count). The fourth-order valence-corrected chi connectivity index (χ4v) is 3.09. The zero-order valence-corrected chi connectivity index (χ0v) is 14.7. The minimum absolute atomic E-state index is 0.0826. The molecule has 0 saturated heterocycles. The first-order valence-electron chi connectivity index (χ1n) is 7.88. The third-order valence-electron chi connectivity index (χ3n) is 3.55. The Kier molecular flexibility index (Phi) is 7.12. The first-order chi connectivity index (χ1) is 12.0. The number of benzene rings is 1.